The van der Waals surface area contributed by atoms with Crippen LogP contribution in [0.4, 0.5) is 4.39 Å². The van der Waals surface area contributed by atoms with Gasteiger partial charge < -0.3 is 15.2 Å². The van der Waals surface area contributed by atoms with Gasteiger partial charge in [0.25, 0.3) is 0 Å². The highest BCUT2D eigenvalue weighted by Gasteiger charge is 2.43. The highest BCUT2D eigenvalue weighted by Crippen LogP contribution is 2.52. The fourth-order valence-electron chi connectivity index (χ4n) is 2.77. The van der Waals surface area contributed by atoms with Crippen LogP contribution < -0.4 is 15.2 Å². The lowest BCUT2D eigenvalue weighted by Gasteiger charge is -2.43. The highest BCUT2D eigenvalue weighted by atomic mass is 35.5. The molecule has 18 heavy (non-hydrogen) atoms. The lowest BCUT2D eigenvalue weighted by Crippen LogP contribution is -2.43. The normalized spacial score (nSPS) is 20.4. The fourth-order valence-corrected chi connectivity index (χ4v) is 2.96. The van der Waals surface area contributed by atoms with Gasteiger partial charge in [0, 0.05) is 23.6 Å². The van der Waals surface area contributed by atoms with Crippen molar-refractivity contribution in [1.29, 1.82) is 0 Å². The van der Waals surface area contributed by atoms with Gasteiger partial charge in [0.15, 0.2) is 11.5 Å². The number of nitrogens with two attached hydrogens (primary N) is 1. The molecule has 0 amide bonds. The largest absolute Gasteiger partial charge is 0.486 e. The summed E-state index contributed by atoms with van der Waals surface area (Å²) >= 11 is 5.94. The number of fused-ring (bicyclic) bond motifs is 1. The minimum absolute atomic E-state index is 0.0778. The summed E-state index contributed by atoms with van der Waals surface area (Å²) in [6, 6.07) is 1.48. The molecule has 2 N–H and O–H groups in total. The molecule has 0 radical (unpaired) electrons. The lowest BCUT2D eigenvalue weighted by atomic mass is 9.64. The Morgan fingerprint density at radius 1 is 1.33 bits per heavy atom. The third-order valence-electron chi connectivity index (χ3n) is 3.96. The summed E-state index contributed by atoms with van der Waals surface area (Å²) in [5.74, 6) is 0.613. The summed E-state index contributed by atoms with van der Waals surface area (Å²) in [6.45, 7) is 1.30. The van der Waals surface area contributed by atoms with E-state index in [1.807, 2.05) is 0 Å². The second-order valence-corrected chi connectivity index (χ2v) is 5.32. The molecule has 1 aromatic rings. The van der Waals surface area contributed by atoms with Crippen LogP contribution in [-0.4, -0.2) is 19.8 Å². The van der Waals surface area contributed by atoms with Gasteiger partial charge >= 0.3 is 0 Å². The van der Waals surface area contributed by atoms with Crippen LogP contribution in [0.1, 0.15) is 24.8 Å². The Labute approximate surface area is 110 Å². The Hall–Kier alpha value is -1.00. The van der Waals surface area contributed by atoms with Gasteiger partial charge in [-0.25, -0.2) is 4.39 Å². The first kappa shape index (κ1) is 12.1. The molecule has 1 aromatic carbocycles. The van der Waals surface area contributed by atoms with Crippen LogP contribution in [-0.2, 0) is 5.41 Å². The maximum absolute atomic E-state index is 14.4. The summed E-state index contributed by atoms with van der Waals surface area (Å²) in [6.07, 6.45) is 2.80. The number of halogens is 2. The molecule has 1 aliphatic carbocycles. The second kappa shape index (κ2) is 4.28. The Balaban J connectivity index is 2.20. The lowest BCUT2D eigenvalue weighted by molar-refractivity contribution is 0.157. The van der Waals surface area contributed by atoms with E-state index in [1.54, 1.807) is 0 Å². The fraction of sp³-hybridized carbons (Fsp3) is 0.538. The molecule has 0 saturated heterocycles. The SMILES string of the molecule is NCC1(c2c(F)c(Cl)cc3c2OCCO3)CCC1. The highest BCUT2D eigenvalue weighted by molar-refractivity contribution is 6.31. The zero-order valence-electron chi connectivity index (χ0n) is 9.97. The third kappa shape index (κ3) is 1.59. The van der Waals surface area contributed by atoms with Crippen molar-refractivity contribution in [2.24, 2.45) is 5.73 Å². The summed E-state index contributed by atoms with van der Waals surface area (Å²) in [4.78, 5) is 0. The van der Waals surface area contributed by atoms with Gasteiger partial charge in [-0.2, -0.15) is 0 Å². The van der Waals surface area contributed by atoms with Crippen LogP contribution >= 0.6 is 11.6 Å². The molecular formula is C13H15ClFNO2. The van der Waals surface area contributed by atoms with Crippen molar-refractivity contribution < 1.29 is 13.9 Å². The van der Waals surface area contributed by atoms with Crippen LogP contribution in [0.2, 0.25) is 5.02 Å². The van der Waals surface area contributed by atoms with E-state index in [2.05, 4.69) is 0 Å². The summed E-state index contributed by atoms with van der Waals surface area (Å²) in [7, 11) is 0. The zero-order chi connectivity index (χ0) is 12.8. The molecule has 0 aromatic heterocycles. The number of hydrogen-bond acceptors (Lipinski definition) is 3. The van der Waals surface area contributed by atoms with Crippen LogP contribution in [0.5, 0.6) is 11.5 Å². The van der Waals surface area contributed by atoms with Gasteiger partial charge in [0.2, 0.25) is 0 Å². The quantitative estimate of drug-likeness (QED) is 0.899. The van der Waals surface area contributed by atoms with E-state index in [-0.39, 0.29) is 10.4 Å². The van der Waals surface area contributed by atoms with Crippen molar-refractivity contribution >= 4 is 11.6 Å². The van der Waals surface area contributed by atoms with Crippen LogP contribution in [0.25, 0.3) is 0 Å². The molecule has 3 rings (SSSR count). The molecule has 98 valence electrons. The Morgan fingerprint density at radius 2 is 2.06 bits per heavy atom. The summed E-state index contributed by atoms with van der Waals surface area (Å²) in [5.41, 5.74) is 6.03. The molecule has 1 saturated carbocycles. The van der Waals surface area contributed by atoms with Crippen molar-refractivity contribution in [2.45, 2.75) is 24.7 Å². The standard InChI is InChI=1S/C13H15ClFNO2/c14-8-6-9-12(18-5-4-17-9)10(11(8)15)13(7-16)2-1-3-13/h6H,1-5,7,16H2. The molecule has 3 nitrogen and oxygen atoms in total. The maximum atomic E-state index is 14.4. The van der Waals surface area contributed by atoms with Gasteiger partial charge in [-0.3, -0.25) is 0 Å². The second-order valence-electron chi connectivity index (χ2n) is 4.91. The molecule has 0 atom stereocenters. The smallest absolute Gasteiger partial charge is 0.168 e. The zero-order valence-corrected chi connectivity index (χ0v) is 10.7. The summed E-state index contributed by atoms with van der Waals surface area (Å²) < 4.78 is 25.5. The predicted octanol–water partition coefficient (Wildman–Crippen LogP) is 2.63. The van der Waals surface area contributed by atoms with E-state index in [4.69, 9.17) is 26.8 Å². The van der Waals surface area contributed by atoms with Crippen LogP contribution in [0.15, 0.2) is 6.07 Å². The first-order valence-corrected chi connectivity index (χ1v) is 6.54. The van der Waals surface area contributed by atoms with E-state index < -0.39 is 5.82 Å². The topological polar surface area (TPSA) is 44.5 Å². The molecule has 1 heterocycles. The number of benzene rings is 1. The number of hydrogen-bond donors (Lipinski definition) is 1. The van der Waals surface area contributed by atoms with Gasteiger partial charge in [-0.15, -0.1) is 0 Å². The molecule has 0 unspecified atom stereocenters. The van der Waals surface area contributed by atoms with Crippen molar-refractivity contribution in [2.75, 3.05) is 19.8 Å². The van der Waals surface area contributed by atoms with E-state index >= 15 is 0 Å². The monoisotopic (exact) mass is 271 g/mol. The summed E-state index contributed by atoms with van der Waals surface area (Å²) in [5, 5.41) is 0.0778. The maximum Gasteiger partial charge on any atom is 0.168 e. The van der Waals surface area contributed by atoms with Crippen LogP contribution in [0.3, 0.4) is 0 Å². The van der Waals surface area contributed by atoms with Crippen molar-refractivity contribution in [3.8, 4) is 11.5 Å². The first-order chi connectivity index (χ1) is 8.68. The molecule has 1 aliphatic heterocycles. The third-order valence-corrected chi connectivity index (χ3v) is 4.23. The predicted molar refractivity (Wildman–Crippen MR) is 67.0 cm³/mol. The van der Waals surface area contributed by atoms with E-state index in [1.165, 1.54) is 6.07 Å². The average Bonchev–Trinajstić information content (AvgIpc) is 2.33. The minimum Gasteiger partial charge on any atom is -0.486 e. The van der Waals surface area contributed by atoms with Crippen molar-refractivity contribution in [1.82, 2.24) is 0 Å². The number of ether oxygens (including phenoxy) is 2. The van der Waals surface area contributed by atoms with E-state index in [0.29, 0.717) is 36.8 Å². The van der Waals surface area contributed by atoms with Crippen molar-refractivity contribution in [3.05, 3.63) is 22.5 Å². The van der Waals surface area contributed by atoms with Crippen LogP contribution in [0, 0.1) is 5.82 Å². The Morgan fingerprint density at radius 3 is 2.67 bits per heavy atom. The van der Waals surface area contributed by atoms with Gasteiger partial charge in [0.05, 0.1) is 5.02 Å². The first-order valence-electron chi connectivity index (χ1n) is 6.16. The van der Waals surface area contributed by atoms with Gasteiger partial charge in [-0.1, -0.05) is 18.0 Å². The Bertz CT molecular complexity index is 483. The molecular weight excluding hydrogens is 257 g/mol. The molecule has 0 bridgehead atoms. The van der Waals surface area contributed by atoms with Gasteiger partial charge in [-0.05, 0) is 12.8 Å². The molecule has 1 fully saturated rings. The minimum atomic E-state index is -0.411. The van der Waals surface area contributed by atoms with E-state index in [0.717, 1.165) is 19.3 Å². The number of rotatable bonds is 2. The van der Waals surface area contributed by atoms with Crippen molar-refractivity contribution in [3.63, 3.8) is 0 Å². The average molecular weight is 272 g/mol. The van der Waals surface area contributed by atoms with E-state index in [9.17, 15) is 4.39 Å². The Kier molecular flexibility index (Phi) is 2.87. The molecule has 2 aliphatic rings. The van der Waals surface area contributed by atoms with Gasteiger partial charge in [0.1, 0.15) is 19.0 Å². The molecule has 0 spiro atoms. The molecule has 5 heteroatoms.